The lowest BCUT2D eigenvalue weighted by molar-refractivity contribution is -0.257. The normalized spacial score (nSPS) is 24.2. The summed E-state index contributed by atoms with van der Waals surface area (Å²) in [4.78, 5) is 57.8. The second-order valence-corrected chi connectivity index (χ2v) is 7.17. The summed E-state index contributed by atoms with van der Waals surface area (Å²) >= 11 is 0. The minimum absolute atomic E-state index is 0.0192. The first-order chi connectivity index (χ1) is 15.5. The van der Waals surface area contributed by atoms with Gasteiger partial charge < -0.3 is 34.1 Å². The van der Waals surface area contributed by atoms with Gasteiger partial charge in [0.25, 0.3) is 0 Å². The molecule has 0 saturated carbocycles. The van der Waals surface area contributed by atoms with Crippen molar-refractivity contribution in [2.45, 2.75) is 58.3 Å². The van der Waals surface area contributed by atoms with Gasteiger partial charge >= 0.3 is 23.9 Å². The maximum Gasteiger partial charge on any atom is 0.335 e. The van der Waals surface area contributed by atoms with Crippen molar-refractivity contribution in [3.8, 4) is 5.75 Å². The number of carbonyl (C=O) groups excluding carboxylic acids is 4. The quantitative estimate of drug-likeness (QED) is 0.402. The second-order valence-electron chi connectivity index (χ2n) is 7.17. The number of ether oxygens (including phenoxy) is 5. The maximum atomic E-state index is 11.9. The Bertz CT molecular complexity index is 898. The number of carboxylic acids is 1. The number of esters is 3. The first kappa shape index (κ1) is 25.6. The molecule has 180 valence electrons. The summed E-state index contributed by atoms with van der Waals surface area (Å²) < 4.78 is 27.3. The molecular weight excluding hydrogens is 442 g/mol. The van der Waals surface area contributed by atoms with Crippen molar-refractivity contribution in [3.63, 3.8) is 0 Å². The highest BCUT2D eigenvalue weighted by Gasteiger charge is 2.51. The van der Waals surface area contributed by atoms with Crippen LogP contribution in [0.25, 0.3) is 0 Å². The van der Waals surface area contributed by atoms with Crippen LogP contribution in [0, 0.1) is 0 Å². The molecule has 1 aliphatic rings. The van der Waals surface area contributed by atoms with Gasteiger partial charge in [-0.25, -0.2) is 4.79 Å². The zero-order valence-corrected chi connectivity index (χ0v) is 18.4. The van der Waals surface area contributed by atoms with Crippen molar-refractivity contribution in [3.05, 3.63) is 29.8 Å². The molecule has 1 aromatic carbocycles. The van der Waals surface area contributed by atoms with Gasteiger partial charge in [0.2, 0.25) is 12.2 Å². The van der Waals surface area contributed by atoms with Crippen LogP contribution < -0.4 is 10.1 Å². The third-order valence-corrected chi connectivity index (χ3v) is 4.42. The number of benzene rings is 1. The van der Waals surface area contributed by atoms with Crippen molar-refractivity contribution < 1.29 is 52.8 Å². The van der Waals surface area contributed by atoms with E-state index in [9.17, 15) is 24.0 Å². The van der Waals surface area contributed by atoms with Crippen LogP contribution in [0.3, 0.4) is 0 Å². The molecule has 1 fully saturated rings. The molecule has 5 atom stereocenters. The fourth-order valence-electron chi connectivity index (χ4n) is 3.20. The number of hydrogen-bond acceptors (Lipinski definition) is 10. The minimum Gasteiger partial charge on any atom is -0.478 e. The Labute approximate surface area is 189 Å². The molecule has 0 unspecified atom stereocenters. The Balaban J connectivity index is 2.43. The molecule has 1 amide bonds. The van der Waals surface area contributed by atoms with E-state index in [0.29, 0.717) is 0 Å². The maximum absolute atomic E-state index is 11.9. The number of nitrogens with one attached hydrogen (secondary N) is 1. The number of rotatable bonds is 8. The average molecular weight is 467 g/mol. The molecule has 1 saturated heterocycles. The lowest BCUT2D eigenvalue weighted by atomic mass is 9.96. The summed E-state index contributed by atoms with van der Waals surface area (Å²) in [6.07, 6.45) is -4.90. The summed E-state index contributed by atoms with van der Waals surface area (Å²) in [7, 11) is 0. The van der Waals surface area contributed by atoms with Crippen LogP contribution in [-0.4, -0.2) is 72.1 Å². The van der Waals surface area contributed by atoms with E-state index >= 15 is 0 Å². The standard InChI is InChI=1S/C21H25NO11/c1-10(23)22-17-19(31-13(4)26)18(30-12(3)25)16(9-29-11(2)24)33-21(17)32-15-7-5-14(6-8-15)20(27)28/h5-8,16-19,21H,9H2,1-4H3,(H,22,23)(H,27,28)/t16-,17+,18-,19+,21-/m1/s1. The van der Waals surface area contributed by atoms with Crippen LogP contribution >= 0.6 is 0 Å². The smallest absolute Gasteiger partial charge is 0.335 e. The van der Waals surface area contributed by atoms with Crippen molar-refractivity contribution in [1.29, 1.82) is 0 Å². The van der Waals surface area contributed by atoms with Crippen LogP contribution in [0.2, 0.25) is 0 Å². The molecule has 0 radical (unpaired) electrons. The van der Waals surface area contributed by atoms with Gasteiger partial charge in [-0.2, -0.15) is 0 Å². The van der Waals surface area contributed by atoms with Crippen molar-refractivity contribution in [2.75, 3.05) is 6.61 Å². The first-order valence-corrected chi connectivity index (χ1v) is 9.88. The van der Waals surface area contributed by atoms with E-state index in [4.69, 9.17) is 28.8 Å². The topological polar surface area (TPSA) is 164 Å². The molecule has 12 heteroatoms. The second kappa shape index (κ2) is 11.3. The van der Waals surface area contributed by atoms with Gasteiger partial charge in [0.15, 0.2) is 12.2 Å². The molecule has 0 bridgehead atoms. The Morgan fingerprint density at radius 1 is 0.909 bits per heavy atom. The van der Waals surface area contributed by atoms with E-state index in [1.54, 1.807) is 0 Å². The largest absolute Gasteiger partial charge is 0.478 e. The molecule has 0 spiro atoms. The van der Waals surface area contributed by atoms with Crippen LogP contribution in [0.1, 0.15) is 38.1 Å². The van der Waals surface area contributed by atoms with Crippen molar-refractivity contribution in [2.24, 2.45) is 0 Å². The van der Waals surface area contributed by atoms with Crippen LogP contribution in [0.15, 0.2) is 24.3 Å². The fraction of sp³-hybridized carbons (Fsp3) is 0.476. The van der Waals surface area contributed by atoms with E-state index in [-0.39, 0.29) is 17.9 Å². The lowest BCUT2D eigenvalue weighted by Crippen LogP contribution is -2.67. The highest BCUT2D eigenvalue weighted by Crippen LogP contribution is 2.29. The van der Waals surface area contributed by atoms with E-state index in [1.807, 2.05) is 0 Å². The Hall–Kier alpha value is -3.67. The van der Waals surface area contributed by atoms with Gasteiger partial charge in [0.1, 0.15) is 24.5 Å². The summed E-state index contributed by atoms with van der Waals surface area (Å²) in [6, 6.07) is 4.21. The number of hydrogen-bond donors (Lipinski definition) is 2. The van der Waals surface area contributed by atoms with E-state index in [1.165, 1.54) is 38.1 Å². The van der Waals surface area contributed by atoms with Gasteiger partial charge in [0.05, 0.1) is 5.56 Å². The Morgan fingerprint density at radius 2 is 1.48 bits per heavy atom. The van der Waals surface area contributed by atoms with Crippen LogP contribution in [-0.2, 0) is 38.1 Å². The SMILES string of the molecule is CC(=O)N[C@@H]1[C@H](Oc2ccc(C(=O)O)cc2)O[C@H](COC(C)=O)[C@@H](OC(C)=O)[C@H]1OC(C)=O. The lowest BCUT2D eigenvalue weighted by Gasteiger charge is -2.44. The van der Waals surface area contributed by atoms with Crippen molar-refractivity contribution >= 4 is 29.8 Å². The van der Waals surface area contributed by atoms with E-state index in [2.05, 4.69) is 5.32 Å². The molecule has 33 heavy (non-hydrogen) atoms. The fourth-order valence-corrected chi connectivity index (χ4v) is 3.20. The third-order valence-electron chi connectivity index (χ3n) is 4.42. The monoisotopic (exact) mass is 467 g/mol. The Kier molecular flexibility index (Phi) is 8.74. The predicted molar refractivity (Wildman–Crippen MR) is 108 cm³/mol. The molecule has 0 aliphatic carbocycles. The highest BCUT2D eigenvalue weighted by molar-refractivity contribution is 5.87. The highest BCUT2D eigenvalue weighted by atomic mass is 16.7. The molecule has 2 N–H and O–H groups in total. The number of amides is 1. The summed E-state index contributed by atoms with van der Waals surface area (Å²) in [6.45, 7) is 4.29. The van der Waals surface area contributed by atoms with Crippen molar-refractivity contribution in [1.82, 2.24) is 5.32 Å². The van der Waals surface area contributed by atoms with Crippen LogP contribution in [0.5, 0.6) is 5.75 Å². The number of carboxylic acid groups (broad SMARTS) is 1. The van der Waals surface area contributed by atoms with Gasteiger partial charge in [-0.1, -0.05) is 0 Å². The van der Waals surface area contributed by atoms with E-state index in [0.717, 1.165) is 13.8 Å². The molecule has 2 rings (SSSR count). The predicted octanol–water partition coefficient (Wildman–Crippen LogP) is 0.420. The molecular formula is C21H25NO11. The molecule has 1 aliphatic heterocycles. The summed E-state index contributed by atoms with van der Waals surface area (Å²) in [5, 5.41) is 11.6. The van der Waals surface area contributed by atoms with Gasteiger partial charge in [0, 0.05) is 27.7 Å². The number of carbonyl (C=O) groups is 5. The first-order valence-electron chi connectivity index (χ1n) is 9.88. The molecule has 1 aromatic rings. The summed E-state index contributed by atoms with van der Waals surface area (Å²) in [5.74, 6) is -3.55. The number of aromatic carboxylic acids is 1. The summed E-state index contributed by atoms with van der Waals surface area (Å²) in [5.41, 5.74) is 0.0192. The molecule has 1 heterocycles. The molecule has 12 nitrogen and oxygen atoms in total. The van der Waals surface area contributed by atoms with Gasteiger partial charge in [-0.15, -0.1) is 0 Å². The third kappa shape index (κ3) is 7.45. The van der Waals surface area contributed by atoms with Gasteiger partial charge in [-0.3, -0.25) is 19.2 Å². The Morgan fingerprint density at radius 3 is 1.97 bits per heavy atom. The zero-order chi connectivity index (χ0) is 24.7. The average Bonchev–Trinajstić information content (AvgIpc) is 2.70. The van der Waals surface area contributed by atoms with Crippen LogP contribution in [0.4, 0.5) is 0 Å². The van der Waals surface area contributed by atoms with Gasteiger partial charge in [-0.05, 0) is 24.3 Å². The van der Waals surface area contributed by atoms with E-state index < -0.39 is 60.4 Å². The molecule has 0 aromatic heterocycles. The minimum atomic E-state index is -1.29. The zero-order valence-electron chi connectivity index (χ0n) is 18.4.